The zero-order chi connectivity index (χ0) is 20.0. The summed E-state index contributed by atoms with van der Waals surface area (Å²) in [5.41, 5.74) is 3.56. The zero-order valence-electron chi connectivity index (χ0n) is 15.0. The van der Waals surface area contributed by atoms with E-state index in [2.05, 4.69) is 41.9 Å². The van der Waals surface area contributed by atoms with Gasteiger partial charge in [-0.1, -0.05) is 40.2 Å². The van der Waals surface area contributed by atoms with Gasteiger partial charge in [-0.3, -0.25) is 4.79 Å². The summed E-state index contributed by atoms with van der Waals surface area (Å²) in [7, 11) is 0. The van der Waals surface area contributed by atoms with Gasteiger partial charge in [-0.2, -0.15) is 5.10 Å². The van der Waals surface area contributed by atoms with E-state index in [-0.39, 0.29) is 17.7 Å². The molecule has 6 nitrogen and oxygen atoms in total. The zero-order valence-corrected chi connectivity index (χ0v) is 18.1. The van der Waals surface area contributed by atoms with Gasteiger partial charge >= 0.3 is 5.91 Å². The second-order valence-electron chi connectivity index (χ2n) is 6.67. The van der Waals surface area contributed by atoms with Crippen LogP contribution in [0, 0.1) is 0 Å². The average Bonchev–Trinajstić information content (AvgIpc) is 3.45. The molecule has 2 aromatic heterocycles. The van der Waals surface area contributed by atoms with Crippen LogP contribution in [-0.2, 0) is 0 Å². The third kappa shape index (κ3) is 3.42. The summed E-state index contributed by atoms with van der Waals surface area (Å²) in [5.74, 6) is 0.605. The number of aromatic nitrogens is 2. The van der Waals surface area contributed by atoms with Gasteiger partial charge in [-0.15, -0.1) is 0 Å². The van der Waals surface area contributed by atoms with Crippen molar-refractivity contribution in [3.8, 4) is 0 Å². The van der Waals surface area contributed by atoms with Crippen molar-refractivity contribution in [3.05, 3.63) is 87.0 Å². The third-order valence-electron chi connectivity index (χ3n) is 4.80. The Balaban J connectivity index is 1.56. The maximum absolute atomic E-state index is 13.1. The molecule has 1 aliphatic rings. The lowest BCUT2D eigenvalue weighted by atomic mass is 10.0. The molecule has 0 bridgehead atoms. The minimum absolute atomic E-state index is 0.221. The standard InChI is InChI=1S/C21H14Br2N4O2/c22-13-7-5-12(6-8-13)16-11-17(20-24-14-3-1-2-4-15(14)25-20)27(26-16)21(28)18-9-10-19(23)29-18/h1-10,17H,11H2,(H,24,25)/t17-/m1/s1. The Morgan fingerprint density at radius 1 is 1.07 bits per heavy atom. The smallest absolute Gasteiger partial charge is 0.310 e. The predicted octanol–water partition coefficient (Wildman–Crippen LogP) is 5.67. The molecular weight excluding hydrogens is 500 g/mol. The van der Waals surface area contributed by atoms with Gasteiger partial charge in [0.15, 0.2) is 10.4 Å². The topological polar surface area (TPSA) is 74.5 Å². The molecule has 0 aliphatic carbocycles. The summed E-state index contributed by atoms with van der Waals surface area (Å²) in [4.78, 5) is 21.2. The van der Waals surface area contributed by atoms with Crippen LogP contribution in [0.3, 0.4) is 0 Å². The molecular formula is C21H14Br2N4O2. The number of rotatable bonds is 3. The van der Waals surface area contributed by atoms with Crippen molar-refractivity contribution >= 4 is 54.5 Å². The van der Waals surface area contributed by atoms with Gasteiger partial charge in [0.1, 0.15) is 11.9 Å². The number of furan rings is 1. The molecule has 1 atom stereocenters. The number of carbonyl (C=O) groups is 1. The Kier molecular flexibility index (Phi) is 4.60. The lowest BCUT2D eigenvalue weighted by Crippen LogP contribution is -2.27. The largest absolute Gasteiger partial charge is 0.444 e. The number of hydrogen-bond acceptors (Lipinski definition) is 4. The first-order valence-corrected chi connectivity index (χ1v) is 10.5. The Labute approximate surface area is 182 Å². The number of nitrogens with zero attached hydrogens (tertiary/aromatic N) is 3. The number of hydrazone groups is 1. The SMILES string of the molecule is O=C(c1ccc(Br)o1)N1N=C(c2ccc(Br)cc2)C[C@@H]1c1nc2ccccc2[nH]1. The molecule has 144 valence electrons. The van der Waals surface area contributed by atoms with Crippen LogP contribution in [0.15, 0.2) is 79.3 Å². The van der Waals surface area contributed by atoms with Gasteiger partial charge in [0.2, 0.25) is 0 Å². The lowest BCUT2D eigenvalue weighted by molar-refractivity contribution is 0.0671. The van der Waals surface area contributed by atoms with Crippen LogP contribution in [0.25, 0.3) is 11.0 Å². The lowest BCUT2D eigenvalue weighted by Gasteiger charge is -2.18. The van der Waals surface area contributed by atoms with Crippen molar-refractivity contribution in [1.82, 2.24) is 15.0 Å². The maximum Gasteiger partial charge on any atom is 0.310 e. The minimum atomic E-state index is -0.350. The van der Waals surface area contributed by atoms with Crippen LogP contribution < -0.4 is 0 Å². The quantitative estimate of drug-likeness (QED) is 0.383. The van der Waals surface area contributed by atoms with Gasteiger partial charge < -0.3 is 9.40 Å². The Morgan fingerprint density at radius 2 is 1.86 bits per heavy atom. The number of nitrogens with one attached hydrogen (secondary N) is 1. The molecule has 0 saturated heterocycles. The fourth-order valence-electron chi connectivity index (χ4n) is 3.40. The van der Waals surface area contributed by atoms with Gasteiger partial charge in [0.25, 0.3) is 0 Å². The van der Waals surface area contributed by atoms with Gasteiger partial charge in [0, 0.05) is 10.9 Å². The molecule has 0 saturated carbocycles. The number of benzene rings is 2. The van der Waals surface area contributed by atoms with Gasteiger partial charge in [0.05, 0.1) is 16.7 Å². The normalized spacial score (nSPS) is 16.4. The van der Waals surface area contributed by atoms with Crippen LogP contribution in [0.5, 0.6) is 0 Å². The maximum atomic E-state index is 13.1. The first kappa shape index (κ1) is 18.3. The van der Waals surface area contributed by atoms with E-state index < -0.39 is 0 Å². The predicted molar refractivity (Wildman–Crippen MR) is 117 cm³/mol. The highest BCUT2D eigenvalue weighted by Crippen LogP contribution is 2.34. The van der Waals surface area contributed by atoms with E-state index in [1.54, 1.807) is 12.1 Å². The van der Waals surface area contributed by atoms with E-state index >= 15 is 0 Å². The second kappa shape index (κ2) is 7.27. The fraction of sp³-hybridized carbons (Fsp3) is 0.0952. The van der Waals surface area contributed by atoms with Crippen molar-refractivity contribution in [1.29, 1.82) is 0 Å². The summed E-state index contributed by atoms with van der Waals surface area (Å²) >= 11 is 6.71. The molecule has 5 rings (SSSR count). The van der Waals surface area contributed by atoms with E-state index in [1.807, 2.05) is 48.5 Å². The van der Waals surface area contributed by atoms with Crippen molar-refractivity contribution in [2.45, 2.75) is 12.5 Å². The molecule has 2 aromatic carbocycles. The molecule has 3 heterocycles. The number of amides is 1. The molecule has 0 radical (unpaired) electrons. The first-order valence-electron chi connectivity index (χ1n) is 8.95. The Hall–Kier alpha value is -2.71. The monoisotopic (exact) mass is 512 g/mol. The highest BCUT2D eigenvalue weighted by molar-refractivity contribution is 9.10. The van der Waals surface area contributed by atoms with Crippen LogP contribution in [0.4, 0.5) is 0 Å². The van der Waals surface area contributed by atoms with Crippen LogP contribution in [-0.4, -0.2) is 26.6 Å². The van der Waals surface area contributed by atoms with Crippen molar-refractivity contribution in [3.63, 3.8) is 0 Å². The number of aromatic amines is 1. The Bertz CT molecular complexity index is 1210. The van der Waals surface area contributed by atoms with Crippen molar-refractivity contribution in [2.24, 2.45) is 5.10 Å². The number of fused-ring (bicyclic) bond motifs is 1. The fourth-order valence-corrected chi connectivity index (χ4v) is 3.97. The minimum Gasteiger partial charge on any atom is -0.444 e. The van der Waals surface area contributed by atoms with Gasteiger partial charge in [-0.05, 0) is 57.9 Å². The average molecular weight is 514 g/mol. The molecule has 8 heteroatoms. The summed E-state index contributed by atoms with van der Waals surface area (Å²) < 4.78 is 6.96. The van der Waals surface area contributed by atoms with E-state index in [0.717, 1.165) is 26.8 Å². The number of hydrogen-bond donors (Lipinski definition) is 1. The molecule has 0 spiro atoms. The molecule has 0 fully saturated rings. The Morgan fingerprint density at radius 3 is 2.59 bits per heavy atom. The number of carbonyl (C=O) groups excluding carboxylic acids is 1. The van der Waals surface area contributed by atoms with Crippen molar-refractivity contribution in [2.75, 3.05) is 0 Å². The molecule has 29 heavy (non-hydrogen) atoms. The number of H-pyrrole nitrogens is 1. The summed E-state index contributed by atoms with van der Waals surface area (Å²) in [6, 6.07) is 18.7. The second-order valence-corrected chi connectivity index (χ2v) is 8.36. The molecule has 1 amide bonds. The summed E-state index contributed by atoms with van der Waals surface area (Å²) in [6.07, 6.45) is 0.551. The number of halogens is 2. The molecule has 1 aliphatic heterocycles. The van der Waals surface area contributed by atoms with Crippen LogP contribution in [0.2, 0.25) is 0 Å². The van der Waals surface area contributed by atoms with E-state index in [4.69, 9.17) is 9.40 Å². The van der Waals surface area contributed by atoms with Gasteiger partial charge in [-0.25, -0.2) is 9.99 Å². The van der Waals surface area contributed by atoms with Crippen LogP contribution in [0.1, 0.15) is 34.4 Å². The van der Waals surface area contributed by atoms with E-state index in [1.165, 1.54) is 5.01 Å². The number of imidazole rings is 1. The molecule has 1 N–H and O–H groups in total. The van der Waals surface area contributed by atoms with Crippen LogP contribution >= 0.6 is 31.9 Å². The number of para-hydroxylation sites is 2. The third-order valence-corrected chi connectivity index (χ3v) is 5.76. The molecule has 4 aromatic rings. The highest BCUT2D eigenvalue weighted by Gasteiger charge is 2.36. The molecule has 0 unspecified atom stereocenters. The highest BCUT2D eigenvalue weighted by atomic mass is 79.9. The van der Waals surface area contributed by atoms with E-state index in [0.29, 0.717) is 16.9 Å². The summed E-state index contributed by atoms with van der Waals surface area (Å²) in [6.45, 7) is 0. The van der Waals surface area contributed by atoms with Crippen molar-refractivity contribution < 1.29 is 9.21 Å². The first-order chi connectivity index (χ1) is 14.1. The van der Waals surface area contributed by atoms with E-state index in [9.17, 15) is 4.79 Å². The summed E-state index contributed by atoms with van der Waals surface area (Å²) in [5, 5.41) is 6.11.